The predicted molar refractivity (Wildman–Crippen MR) is 144 cm³/mol. The van der Waals surface area contributed by atoms with E-state index in [1.54, 1.807) is 24.2 Å². The molecule has 1 amide bonds. The highest BCUT2D eigenvalue weighted by Gasteiger charge is 2.49. The van der Waals surface area contributed by atoms with Crippen LogP contribution in [0.5, 0.6) is 0 Å². The first-order valence-electron chi connectivity index (χ1n) is 12.9. The Morgan fingerprint density at radius 2 is 1.84 bits per heavy atom. The van der Waals surface area contributed by atoms with Crippen LogP contribution in [0.1, 0.15) is 35.2 Å². The molecule has 2 aliphatic heterocycles. The highest BCUT2D eigenvalue weighted by molar-refractivity contribution is 6.21. The summed E-state index contributed by atoms with van der Waals surface area (Å²) in [7, 11) is 1.79. The van der Waals surface area contributed by atoms with Gasteiger partial charge in [-0.2, -0.15) is 5.10 Å². The van der Waals surface area contributed by atoms with Crippen molar-refractivity contribution in [2.24, 2.45) is 4.99 Å². The van der Waals surface area contributed by atoms with E-state index in [-0.39, 0.29) is 23.8 Å². The number of aliphatic imine (C=N–C) groups is 1. The molecule has 2 aromatic heterocycles. The second-order valence-electron chi connectivity index (χ2n) is 9.96. The van der Waals surface area contributed by atoms with E-state index >= 15 is 0 Å². The average Bonchev–Trinajstić information content (AvgIpc) is 3.63. The molecule has 4 aromatic rings. The van der Waals surface area contributed by atoms with E-state index in [2.05, 4.69) is 15.2 Å². The number of amides is 1. The van der Waals surface area contributed by atoms with Gasteiger partial charge in [0.25, 0.3) is 5.91 Å². The molecule has 7 rings (SSSR count). The molecule has 2 unspecified atom stereocenters. The molecule has 0 saturated heterocycles. The number of hydrogen-bond acceptors (Lipinski definition) is 6. The van der Waals surface area contributed by atoms with Crippen LogP contribution in [0.4, 0.5) is 21.7 Å². The number of aromatic nitrogens is 3. The van der Waals surface area contributed by atoms with Crippen LogP contribution in [0.25, 0.3) is 11.3 Å². The molecule has 0 radical (unpaired) electrons. The number of anilines is 3. The molecular formula is C29H26FN7O. The van der Waals surface area contributed by atoms with Crippen LogP contribution in [0.3, 0.4) is 0 Å². The fraction of sp³-hybridized carbons (Fsp3) is 0.241. The smallest absolute Gasteiger partial charge is 0.267 e. The number of halogens is 1. The maximum atomic E-state index is 14.2. The van der Waals surface area contributed by atoms with Gasteiger partial charge in [0.05, 0.1) is 18.6 Å². The van der Waals surface area contributed by atoms with E-state index < -0.39 is 0 Å². The topological polar surface area (TPSA) is 78.7 Å². The summed E-state index contributed by atoms with van der Waals surface area (Å²) >= 11 is 0. The van der Waals surface area contributed by atoms with Crippen molar-refractivity contribution in [2.45, 2.75) is 37.9 Å². The molecule has 190 valence electrons. The SMILES string of the molecule is CN1C(=O)c2c(nn(Cc3ccc(-c4ncccc4F)cc3)c2Nc2ccccc2)N2C1=NC1CCCC12. The van der Waals surface area contributed by atoms with Crippen molar-refractivity contribution >= 4 is 29.2 Å². The Labute approximate surface area is 219 Å². The van der Waals surface area contributed by atoms with Gasteiger partial charge in [0.15, 0.2) is 5.82 Å². The first-order chi connectivity index (χ1) is 18.6. The normalized spacial score (nSPS) is 19.7. The average molecular weight is 508 g/mol. The molecule has 1 aliphatic carbocycles. The third-order valence-electron chi connectivity index (χ3n) is 7.61. The number of hydrogen-bond donors (Lipinski definition) is 1. The maximum Gasteiger partial charge on any atom is 0.267 e. The second-order valence-corrected chi connectivity index (χ2v) is 9.96. The first kappa shape index (κ1) is 22.7. The fourth-order valence-electron chi connectivity index (χ4n) is 5.74. The van der Waals surface area contributed by atoms with Crippen molar-refractivity contribution in [3.8, 4) is 11.3 Å². The summed E-state index contributed by atoms with van der Waals surface area (Å²) in [5.41, 5.74) is 3.41. The van der Waals surface area contributed by atoms with Crippen LogP contribution in [0.15, 0.2) is 77.9 Å². The fourth-order valence-corrected chi connectivity index (χ4v) is 5.74. The zero-order chi connectivity index (χ0) is 25.8. The molecule has 2 atom stereocenters. The van der Waals surface area contributed by atoms with Crippen LogP contribution in [0.2, 0.25) is 0 Å². The highest BCUT2D eigenvalue weighted by Crippen LogP contribution is 2.43. The number of nitrogens with one attached hydrogen (secondary N) is 1. The Balaban J connectivity index is 1.30. The zero-order valence-electron chi connectivity index (χ0n) is 20.9. The molecule has 0 spiro atoms. The summed E-state index contributed by atoms with van der Waals surface area (Å²) in [5.74, 6) is 1.51. The van der Waals surface area contributed by atoms with E-state index in [9.17, 15) is 9.18 Å². The lowest BCUT2D eigenvalue weighted by atomic mass is 10.1. The lowest BCUT2D eigenvalue weighted by Gasteiger charge is -2.34. The van der Waals surface area contributed by atoms with Gasteiger partial charge in [0.2, 0.25) is 5.96 Å². The van der Waals surface area contributed by atoms with Crippen molar-refractivity contribution in [1.29, 1.82) is 0 Å². The maximum absolute atomic E-state index is 14.2. The minimum atomic E-state index is -0.356. The van der Waals surface area contributed by atoms with Gasteiger partial charge in [-0.25, -0.2) is 14.1 Å². The Kier molecular flexibility index (Phi) is 5.24. The Bertz CT molecular complexity index is 1560. The van der Waals surface area contributed by atoms with Gasteiger partial charge >= 0.3 is 0 Å². The van der Waals surface area contributed by atoms with Gasteiger partial charge in [-0.15, -0.1) is 0 Å². The van der Waals surface area contributed by atoms with Crippen LogP contribution in [-0.4, -0.2) is 50.7 Å². The zero-order valence-corrected chi connectivity index (χ0v) is 20.9. The van der Waals surface area contributed by atoms with Gasteiger partial charge in [-0.05, 0) is 49.1 Å². The lowest BCUT2D eigenvalue weighted by molar-refractivity contribution is 0.0866. The number of benzene rings is 2. The first-order valence-corrected chi connectivity index (χ1v) is 12.9. The predicted octanol–water partition coefficient (Wildman–Crippen LogP) is 5.06. The second kappa shape index (κ2) is 8.79. The standard InChI is InChI=1S/C29H26FN7O/c1-35-28(38)24-26(32-20-7-3-2-4-8-20)36(34-27(24)37-23-11-5-10-22(23)33-29(35)37)17-18-12-14-19(15-13-18)25-21(30)9-6-16-31-25/h2-4,6-9,12-16,22-23,32H,5,10-11,17H2,1H3. The van der Waals surface area contributed by atoms with Crippen LogP contribution in [0, 0.1) is 5.82 Å². The minimum absolute atomic E-state index is 0.124. The summed E-state index contributed by atoms with van der Waals surface area (Å²) < 4.78 is 16.1. The van der Waals surface area contributed by atoms with E-state index in [0.29, 0.717) is 41.0 Å². The Morgan fingerprint density at radius 1 is 1.03 bits per heavy atom. The van der Waals surface area contributed by atoms with Crippen molar-refractivity contribution in [2.75, 3.05) is 17.3 Å². The quantitative estimate of drug-likeness (QED) is 0.409. The van der Waals surface area contributed by atoms with Gasteiger partial charge in [-0.3, -0.25) is 19.6 Å². The molecule has 2 aromatic carbocycles. The van der Waals surface area contributed by atoms with Crippen molar-refractivity contribution in [3.05, 3.63) is 89.9 Å². The molecule has 4 heterocycles. The van der Waals surface area contributed by atoms with Gasteiger partial charge in [0.1, 0.15) is 22.9 Å². The summed E-state index contributed by atoms with van der Waals surface area (Å²) in [4.78, 5) is 26.6. The van der Waals surface area contributed by atoms with Gasteiger partial charge < -0.3 is 5.32 Å². The number of carbonyl (C=O) groups is 1. The molecule has 38 heavy (non-hydrogen) atoms. The van der Waals surface area contributed by atoms with Crippen molar-refractivity contribution < 1.29 is 9.18 Å². The number of para-hydroxylation sites is 1. The summed E-state index contributed by atoms with van der Waals surface area (Å²) in [6.45, 7) is 0.429. The molecule has 1 fully saturated rings. The third kappa shape index (κ3) is 3.57. The monoisotopic (exact) mass is 507 g/mol. The molecule has 3 aliphatic rings. The number of fused-ring (bicyclic) bond motifs is 5. The van der Waals surface area contributed by atoms with Crippen LogP contribution >= 0.6 is 0 Å². The van der Waals surface area contributed by atoms with Gasteiger partial charge in [0, 0.05) is 24.5 Å². The molecule has 9 heteroatoms. The summed E-state index contributed by atoms with van der Waals surface area (Å²) in [5, 5.41) is 8.47. The van der Waals surface area contributed by atoms with E-state index in [4.69, 9.17) is 10.1 Å². The lowest BCUT2D eigenvalue weighted by Crippen LogP contribution is -2.51. The van der Waals surface area contributed by atoms with Crippen LogP contribution < -0.4 is 10.2 Å². The van der Waals surface area contributed by atoms with E-state index in [1.165, 1.54) is 6.07 Å². The number of carbonyl (C=O) groups excluding carboxylic acids is 1. The third-order valence-corrected chi connectivity index (χ3v) is 7.61. The Morgan fingerprint density at radius 3 is 2.63 bits per heavy atom. The molecular weight excluding hydrogens is 481 g/mol. The van der Waals surface area contributed by atoms with Crippen molar-refractivity contribution in [3.63, 3.8) is 0 Å². The van der Waals surface area contributed by atoms with Gasteiger partial charge in [-0.1, -0.05) is 42.5 Å². The minimum Gasteiger partial charge on any atom is -0.340 e. The summed E-state index contributed by atoms with van der Waals surface area (Å²) in [6.07, 6.45) is 4.76. The number of rotatable bonds is 5. The molecule has 8 nitrogen and oxygen atoms in total. The number of nitrogens with zero attached hydrogens (tertiary/aromatic N) is 6. The Hall–Kier alpha value is -4.53. The molecule has 0 bridgehead atoms. The highest BCUT2D eigenvalue weighted by atomic mass is 19.1. The van der Waals surface area contributed by atoms with Crippen molar-refractivity contribution in [1.82, 2.24) is 19.7 Å². The van der Waals surface area contributed by atoms with Crippen LogP contribution in [-0.2, 0) is 6.54 Å². The number of guanidine groups is 1. The summed E-state index contributed by atoms with van der Waals surface area (Å²) in [6, 6.07) is 20.8. The number of pyridine rings is 1. The van der Waals surface area contributed by atoms with E-state index in [1.807, 2.05) is 59.3 Å². The molecule has 1 N–H and O–H groups in total. The largest absolute Gasteiger partial charge is 0.340 e. The van der Waals surface area contributed by atoms with E-state index in [0.717, 1.165) is 30.5 Å². The molecule has 1 saturated carbocycles.